The lowest BCUT2D eigenvalue weighted by Crippen LogP contribution is -1.94. The van der Waals surface area contributed by atoms with Crippen molar-refractivity contribution in [3.63, 3.8) is 0 Å². The van der Waals surface area contributed by atoms with Crippen LogP contribution >= 0.6 is 0 Å². The van der Waals surface area contributed by atoms with Gasteiger partial charge in [0.1, 0.15) is 11.4 Å². The minimum atomic E-state index is 0.655. The number of benzene rings is 2. The first-order valence-electron chi connectivity index (χ1n) is 9.62. The summed E-state index contributed by atoms with van der Waals surface area (Å²) in [5, 5.41) is 3.23. The van der Waals surface area contributed by atoms with E-state index in [4.69, 9.17) is 9.40 Å². The summed E-state index contributed by atoms with van der Waals surface area (Å²) < 4.78 is 8.33. The molecule has 0 amide bonds. The van der Waals surface area contributed by atoms with Crippen molar-refractivity contribution in [1.29, 1.82) is 0 Å². The Morgan fingerprint density at radius 3 is 2.62 bits per heavy atom. The molecule has 4 heterocycles. The lowest BCUT2D eigenvalue weighted by molar-refractivity contribution is 0.654. The summed E-state index contributed by atoms with van der Waals surface area (Å²) in [5.41, 5.74) is 7.63. The predicted molar refractivity (Wildman–Crippen MR) is 116 cm³/mol. The Bertz CT molecular complexity index is 1590. The second-order valence-electron chi connectivity index (χ2n) is 7.54. The summed E-state index contributed by atoms with van der Waals surface area (Å²) in [4.78, 5) is 14.0. The van der Waals surface area contributed by atoms with Gasteiger partial charge in [-0.25, -0.2) is 9.97 Å². The van der Waals surface area contributed by atoms with Crippen LogP contribution in [0.1, 0.15) is 11.3 Å². The SMILES string of the molecule is Cc1ccc2c(ccc3nc(-c4ccc(C)c5c4oc4ncccc45)n(C)c32)n1. The van der Waals surface area contributed by atoms with Crippen molar-refractivity contribution in [2.75, 3.05) is 0 Å². The molecule has 0 aliphatic rings. The minimum absolute atomic E-state index is 0.655. The smallest absolute Gasteiger partial charge is 0.227 e. The van der Waals surface area contributed by atoms with Crippen LogP contribution in [0, 0.1) is 13.8 Å². The number of furan rings is 1. The molecule has 0 fully saturated rings. The first-order chi connectivity index (χ1) is 14.1. The molecular formula is C24H18N4O. The lowest BCUT2D eigenvalue weighted by Gasteiger charge is -2.06. The maximum Gasteiger partial charge on any atom is 0.227 e. The van der Waals surface area contributed by atoms with Gasteiger partial charge in [0, 0.05) is 35.1 Å². The van der Waals surface area contributed by atoms with E-state index >= 15 is 0 Å². The van der Waals surface area contributed by atoms with Crippen molar-refractivity contribution in [1.82, 2.24) is 19.5 Å². The second-order valence-corrected chi connectivity index (χ2v) is 7.54. The first kappa shape index (κ1) is 16.2. The first-order valence-corrected chi connectivity index (χ1v) is 9.62. The summed E-state index contributed by atoms with van der Waals surface area (Å²) in [6.45, 7) is 4.11. The molecule has 6 aromatic rings. The molecule has 0 atom stereocenters. The van der Waals surface area contributed by atoms with E-state index < -0.39 is 0 Å². The number of hydrogen-bond donors (Lipinski definition) is 0. The Morgan fingerprint density at radius 1 is 0.862 bits per heavy atom. The van der Waals surface area contributed by atoms with Gasteiger partial charge in [0.2, 0.25) is 5.71 Å². The van der Waals surface area contributed by atoms with E-state index in [0.29, 0.717) is 5.71 Å². The monoisotopic (exact) mass is 378 g/mol. The highest BCUT2D eigenvalue weighted by atomic mass is 16.3. The van der Waals surface area contributed by atoms with Gasteiger partial charge in [-0.15, -0.1) is 0 Å². The van der Waals surface area contributed by atoms with Gasteiger partial charge >= 0.3 is 0 Å². The Morgan fingerprint density at radius 2 is 1.72 bits per heavy atom. The van der Waals surface area contributed by atoms with E-state index in [2.05, 4.69) is 52.8 Å². The van der Waals surface area contributed by atoms with E-state index in [9.17, 15) is 0 Å². The van der Waals surface area contributed by atoms with E-state index in [0.717, 1.165) is 55.4 Å². The van der Waals surface area contributed by atoms with Crippen molar-refractivity contribution in [2.24, 2.45) is 7.05 Å². The molecular weight excluding hydrogens is 360 g/mol. The number of aryl methyl sites for hydroxylation is 3. The van der Waals surface area contributed by atoms with Crippen LogP contribution in [0.2, 0.25) is 0 Å². The number of aromatic nitrogens is 4. The Kier molecular flexibility index (Phi) is 3.16. The fraction of sp³-hybridized carbons (Fsp3) is 0.125. The van der Waals surface area contributed by atoms with Crippen molar-refractivity contribution >= 4 is 44.0 Å². The molecule has 0 radical (unpaired) electrons. The van der Waals surface area contributed by atoms with Crippen LogP contribution < -0.4 is 0 Å². The normalized spacial score (nSPS) is 12.0. The van der Waals surface area contributed by atoms with Gasteiger partial charge < -0.3 is 8.98 Å². The van der Waals surface area contributed by atoms with E-state index in [1.165, 1.54) is 5.56 Å². The summed E-state index contributed by atoms with van der Waals surface area (Å²) in [6.07, 6.45) is 1.76. The molecule has 0 aliphatic heterocycles. The maximum absolute atomic E-state index is 6.20. The van der Waals surface area contributed by atoms with Gasteiger partial charge in [-0.1, -0.05) is 6.07 Å². The van der Waals surface area contributed by atoms with E-state index in [1.54, 1.807) is 6.20 Å². The molecule has 4 aromatic heterocycles. The summed E-state index contributed by atoms with van der Waals surface area (Å²) in [5.74, 6) is 0.872. The van der Waals surface area contributed by atoms with Crippen molar-refractivity contribution in [3.05, 3.63) is 66.0 Å². The van der Waals surface area contributed by atoms with Crippen LogP contribution in [-0.4, -0.2) is 19.5 Å². The van der Waals surface area contributed by atoms with Crippen LogP contribution in [-0.2, 0) is 7.05 Å². The van der Waals surface area contributed by atoms with Crippen LogP contribution in [0.3, 0.4) is 0 Å². The topological polar surface area (TPSA) is 56.7 Å². The molecule has 0 saturated heterocycles. The zero-order valence-corrected chi connectivity index (χ0v) is 16.4. The number of pyridine rings is 2. The third-order valence-electron chi connectivity index (χ3n) is 5.69. The van der Waals surface area contributed by atoms with E-state index in [1.807, 2.05) is 31.2 Å². The lowest BCUT2D eigenvalue weighted by atomic mass is 10.0. The third kappa shape index (κ3) is 2.18. The van der Waals surface area contributed by atoms with Gasteiger partial charge in [0.25, 0.3) is 0 Å². The zero-order chi connectivity index (χ0) is 19.7. The van der Waals surface area contributed by atoms with Gasteiger partial charge in [-0.2, -0.15) is 0 Å². The van der Waals surface area contributed by atoms with Gasteiger partial charge in [0.15, 0.2) is 0 Å². The molecule has 2 aromatic carbocycles. The molecule has 0 unspecified atom stereocenters. The molecule has 0 spiro atoms. The molecule has 5 heteroatoms. The predicted octanol–water partition coefficient (Wildman–Crippen LogP) is 5.70. The average Bonchev–Trinajstić information content (AvgIpc) is 3.27. The Balaban J connectivity index is 1.72. The van der Waals surface area contributed by atoms with Gasteiger partial charge in [0.05, 0.1) is 22.1 Å². The fourth-order valence-corrected chi connectivity index (χ4v) is 4.31. The van der Waals surface area contributed by atoms with E-state index in [-0.39, 0.29) is 0 Å². The molecule has 0 N–H and O–H groups in total. The second kappa shape index (κ2) is 5.64. The zero-order valence-electron chi connectivity index (χ0n) is 16.4. The highest BCUT2D eigenvalue weighted by Gasteiger charge is 2.19. The number of rotatable bonds is 1. The molecule has 0 aliphatic carbocycles. The largest absolute Gasteiger partial charge is 0.437 e. The average molecular weight is 378 g/mol. The van der Waals surface area contributed by atoms with Crippen LogP contribution in [0.5, 0.6) is 0 Å². The minimum Gasteiger partial charge on any atom is -0.437 e. The molecule has 140 valence electrons. The van der Waals surface area contributed by atoms with Crippen molar-refractivity contribution in [3.8, 4) is 11.4 Å². The summed E-state index contributed by atoms with van der Waals surface area (Å²) in [7, 11) is 2.05. The third-order valence-corrected chi connectivity index (χ3v) is 5.69. The number of hydrogen-bond acceptors (Lipinski definition) is 4. The van der Waals surface area contributed by atoms with Crippen LogP contribution in [0.25, 0.3) is 55.4 Å². The maximum atomic E-state index is 6.20. The van der Waals surface area contributed by atoms with Gasteiger partial charge in [-0.3, -0.25) is 4.98 Å². The van der Waals surface area contributed by atoms with Gasteiger partial charge in [-0.05, 0) is 61.9 Å². The van der Waals surface area contributed by atoms with Crippen molar-refractivity contribution < 1.29 is 4.42 Å². The van der Waals surface area contributed by atoms with Crippen molar-refractivity contribution in [2.45, 2.75) is 13.8 Å². The van der Waals surface area contributed by atoms with Crippen LogP contribution in [0.4, 0.5) is 0 Å². The summed E-state index contributed by atoms with van der Waals surface area (Å²) >= 11 is 0. The molecule has 5 nitrogen and oxygen atoms in total. The Hall–Kier alpha value is -3.73. The molecule has 0 saturated carbocycles. The molecule has 6 rings (SSSR count). The number of imidazole rings is 1. The highest BCUT2D eigenvalue weighted by Crippen LogP contribution is 2.38. The molecule has 29 heavy (non-hydrogen) atoms. The van der Waals surface area contributed by atoms with Crippen LogP contribution in [0.15, 0.2) is 59.1 Å². The standard InChI is InChI=1S/C24H18N4O/c1-13-6-8-17(22-20(13)16-5-4-12-25-24(16)29-22)23-27-19-11-10-18-15(21(19)28(23)3)9-7-14(2)26-18/h4-12H,1-3H3. The fourth-order valence-electron chi connectivity index (χ4n) is 4.31. The highest BCUT2D eigenvalue weighted by molar-refractivity contribution is 6.11. The summed E-state index contributed by atoms with van der Waals surface area (Å²) in [6, 6.07) is 16.5. The molecule has 0 bridgehead atoms. The quantitative estimate of drug-likeness (QED) is 0.368. The number of fused-ring (bicyclic) bond motifs is 6. The Labute approximate surface area is 166 Å². The number of nitrogens with zero attached hydrogens (tertiary/aromatic N) is 4.